The van der Waals surface area contributed by atoms with Gasteiger partial charge < -0.3 is 5.32 Å². The van der Waals surface area contributed by atoms with Gasteiger partial charge in [-0.25, -0.2) is 14.1 Å². The first-order valence-corrected chi connectivity index (χ1v) is 11.8. The number of amides is 1. The Morgan fingerprint density at radius 1 is 1.19 bits per heavy atom. The van der Waals surface area contributed by atoms with E-state index in [0.29, 0.717) is 27.5 Å². The van der Waals surface area contributed by atoms with Crippen molar-refractivity contribution < 1.29 is 22.4 Å². The molecule has 1 amide bonds. The number of hydrogen-bond acceptors (Lipinski definition) is 5. The summed E-state index contributed by atoms with van der Waals surface area (Å²) >= 11 is 1.27. The molecule has 1 fully saturated rings. The van der Waals surface area contributed by atoms with Crippen molar-refractivity contribution in [2.75, 3.05) is 0 Å². The molecule has 0 spiro atoms. The molecule has 2 aromatic heterocycles. The molecular formula is C25H17F4N5OS. The van der Waals surface area contributed by atoms with Crippen molar-refractivity contribution >= 4 is 17.2 Å². The number of carbonyl (C=O) groups excluding carboxylic acids is 1. The molecule has 0 atom stereocenters. The first kappa shape index (κ1) is 23.7. The first-order valence-electron chi connectivity index (χ1n) is 10.9. The molecule has 1 saturated carbocycles. The fourth-order valence-corrected chi connectivity index (χ4v) is 4.61. The van der Waals surface area contributed by atoms with Crippen LogP contribution in [0.4, 0.5) is 17.6 Å². The summed E-state index contributed by atoms with van der Waals surface area (Å²) in [5, 5.41) is 15.8. The Morgan fingerprint density at radius 2 is 2.00 bits per heavy atom. The Bertz CT molecular complexity index is 1500. The van der Waals surface area contributed by atoms with E-state index in [4.69, 9.17) is 5.26 Å². The van der Waals surface area contributed by atoms with Crippen molar-refractivity contribution in [3.8, 4) is 22.9 Å². The number of nitrogens with one attached hydrogen (secondary N) is 1. The summed E-state index contributed by atoms with van der Waals surface area (Å²) in [5.74, 6) is -0.493. The van der Waals surface area contributed by atoms with Gasteiger partial charge in [-0.3, -0.25) is 4.79 Å². The van der Waals surface area contributed by atoms with Crippen molar-refractivity contribution in [2.24, 2.45) is 0 Å². The molecule has 182 valence electrons. The van der Waals surface area contributed by atoms with Crippen LogP contribution in [0.1, 0.15) is 50.8 Å². The van der Waals surface area contributed by atoms with Gasteiger partial charge in [0.1, 0.15) is 10.7 Å². The highest BCUT2D eigenvalue weighted by Gasteiger charge is 2.34. The molecule has 4 aromatic rings. The van der Waals surface area contributed by atoms with E-state index in [1.807, 2.05) is 0 Å². The summed E-state index contributed by atoms with van der Waals surface area (Å²) in [6.45, 7) is -0.00231. The molecule has 0 saturated heterocycles. The molecule has 6 nitrogen and oxygen atoms in total. The average molecular weight is 512 g/mol. The van der Waals surface area contributed by atoms with E-state index in [9.17, 15) is 22.4 Å². The van der Waals surface area contributed by atoms with E-state index in [1.54, 1.807) is 17.6 Å². The molecule has 36 heavy (non-hydrogen) atoms. The SMILES string of the molecule is N#Cc1ccc(-n2cc(-c3ccc(CNC(=O)c4scnc4C4CC4)c(F)c3)cn2)cc1C(F)(F)F. The van der Waals surface area contributed by atoms with Crippen LogP contribution >= 0.6 is 11.3 Å². The van der Waals surface area contributed by atoms with Gasteiger partial charge in [0, 0.05) is 29.8 Å². The second-order valence-corrected chi connectivity index (χ2v) is 9.20. The predicted octanol–water partition coefficient (Wildman–Crippen LogP) is 5.83. The Labute approximate surface area is 206 Å². The molecule has 0 unspecified atom stereocenters. The molecule has 0 bridgehead atoms. The normalized spacial score (nSPS) is 13.4. The number of nitriles is 1. The maximum atomic E-state index is 14.8. The summed E-state index contributed by atoms with van der Waals surface area (Å²) in [6, 6.07) is 9.30. The third kappa shape index (κ3) is 4.72. The fourth-order valence-electron chi connectivity index (χ4n) is 3.82. The maximum Gasteiger partial charge on any atom is 0.417 e. The van der Waals surface area contributed by atoms with Crippen LogP contribution in [-0.2, 0) is 12.7 Å². The smallest absolute Gasteiger partial charge is 0.347 e. The maximum absolute atomic E-state index is 14.8. The minimum absolute atomic E-state index is 0.00231. The standard InChI is InChI=1S/C25H17F4N5OS/c26-21-7-15(3-4-17(21)10-31-24(35)23-22(14-1-2-14)32-13-36-23)18-11-33-34(12-18)19-6-5-16(9-30)20(8-19)25(27,28)29/h3-8,11-14H,1-2,10H2,(H,31,35). The Balaban J connectivity index is 1.31. The number of nitrogens with zero attached hydrogens (tertiary/aromatic N) is 4. The fraction of sp³-hybridized carbons (Fsp3) is 0.200. The lowest BCUT2D eigenvalue weighted by molar-refractivity contribution is -0.137. The van der Waals surface area contributed by atoms with Crippen LogP contribution in [0.2, 0.25) is 0 Å². The summed E-state index contributed by atoms with van der Waals surface area (Å²) in [5.41, 5.74) is 2.26. The molecular weight excluding hydrogens is 494 g/mol. The molecule has 2 aromatic carbocycles. The molecule has 1 aliphatic carbocycles. The zero-order chi connectivity index (χ0) is 25.4. The number of rotatable bonds is 6. The van der Waals surface area contributed by atoms with Gasteiger partial charge in [-0.15, -0.1) is 11.3 Å². The van der Waals surface area contributed by atoms with E-state index in [0.717, 1.165) is 30.7 Å². The van der Waals surface area contributed by atoms with Crippen LogP contribution in [-0.4, -0.2) is 20.7 Å². The van der Waals surface area contributed by atoms with Crippen LogP contribution in [0.25, 0.3) is 16.8 Å². The van der Waals surface area contributed by atoms with Gasteiger partial charge in [0.05, 0.1) is 40.3 Å². The number of benzene rings is 2. The third-order valence-electron chi connectivity index (χ3n) is 5.87. The summed E-state index contributed by atoms with van der Waals surface area (Å²) in [4.78, 5) is 17.4. The highest BCUT2D eigenvalue weighted by Crippen LogP contribution is 2.41. The number of hydrogen-bond donors (Lipinski definition) is 1. The van der Waals surface area contributed by atoms with Crippen LogP contribution in [0.5, 0.6) is 0 Å². The van der Waals surface area contributed by atoms with E-state index >= 15 is 0 Å². The van der Waals surface area contributed by atoms with Crippen molar-refractivity contribution in [1.29, 1.82) is 5.26 Å². The van der Waals surface area contributed by atoms with Gasteiger partial charge in [0.2, 0.25) is 0 Å². The highest BCUT2D eigenvalue weighted by molar-refractivity contribution is 7.11. The largest absolute Gasteiger partial charge is 0.417 e. The van der Waals surface area contributed by atoms with Crippen molar-refractivity contribution in [3.63, 3.8) is 0 Å². The Hall–Kier alpha value is -4.04. The summed E-state index contributed by atoms with van der Waals surface area (Å²) in [6.07, 6.45) is 0.230. The predicted molar refractivity (Wildman–Crippen MR) is 124 cm³/mol. The minimum Gasteiger partial charge on any atom is -0.347 e. The molecule has 0 aliphatic heterocycles. The number of aromatic nitrogens is 3. The van der Waals surface area contributed by atoms with E-state index in [2.05, 4.69) is 15.4 Å². The zero-order valence-corrected chi connectivity index (χ0v) is 19.3. The Morgan fingerprint density at radius 3 is 2.69 bits per heavy atom. The highest BCUT2D eigenvalue weighted by atomic mass is 32.1. The topological polar surface area (TPSA) is 83.6 Å². The summed E-state index contributed by atoms with van der Waals surface area (Å²) < 4.78 is 55.9. The van der Waals surface area contributed by atoms with Gasteiger partial charge >= 0.3 is 6.18 Å². The first-order chi connectivity index (χ1) is 17.2. The van der Waals surface area contributed by atoms with Gasteiger partial charge in [-0.2, -0.15) is 23.5 Å². The van der Waals surface area contributed by atoms with Gasteiger partial charge in [-0.05, 0) is 42.7 Å². The van der Waals surface area contributed by atoms with Crippen molar-refractivity contribution in [3.05, 3.63) is 87.4 Å². The van der Waals surface area contributed by atoms with Crippen LogP contribution < -0.4 is 5.32 Å². The molecule has 5 rings (SSSR count). The number of carbonyl (C=O) groups is 1. The summed E-state index contributed by atoms with van der Waals surface area (Å²) in [7, 11) is 0. The van der Waals surface area contributed by atoms with Gasteiger partial charge in [0.25, 0.3) is 5.91 Å². The molecule has 1 N–H and O–H groups in total. The molecule has 1 aliphatic rings. The lowest BCUT2D eigenvalue weighted by Crippen LogP contribution is -2.23. The second-order valence-electron chi connectivity index (χ2n) is 8.34. The minimum atomic E-state index is -4.69. The van der Waals surface area contributed by atoms with Crippen molar-refractivity contribution in [2.45, 2.75) is 31.5 Å². The van der Waals surface area contributed by atoms with Crippen LogP contribution in [0.3, 0.4) is 0 Å². The lowest BCUT2D eigenvalue weighted by atomic mass is 10.1. The number of thiazole rings is 1. The third-order valence-corrected chi connectivity index (χ3v) is 6.71. The molecule has 11 heteroatoms. The average Bonchev–Trinajstić information content (AvgIpc) is 3.37. The van der Waals surface area contributed by atoms with Gasteiger partial charge in [0.15, 0.2) is 0 Å². The van der Waals surface area contributed by atoms with Gasteiger partial charge in [-0.1, -0.05) is 12.1 Å². The molecule has 2 heterocycles. The number of halogens is 4. The Kier molecular flexibility index (Phi) is 6.05. The van der Waals surface area contributed by atoms with E-state index < -0.39 is 23.1 Å². The second kappa shape index (κ2) is 9.20. The van der Waals surface area contributed by atoms with E-state index in [1.165, 1.54) is 46.6 Å². The lowest BCUT2D eigenvalue weighted by Gasteiger charge is -2.10. The van der Waals surface area contributed by atoms with E-state index in [-0.39, 0.29) is 18.1 Å². The quantitative estimate of drug-likeness (QED) is 0.330. The van der Waals surface area contributed by atoms with Crippen molar-refractivity contribution in [1.82, 2.24) is 20.1 Å². The number of alkyl halides is 3. The van der Waals surface area contributed by atoms with Crippen LogP contribution in [0, 0.1) is 17.1 Å². The van der Waals surface area contributed by atoms with Crippen LogP contribution in [0.15, 0.2) is 54.3 Å². The zero-order valence-electron chi connectivity index (χ0n) is 18.5. The molecule has 0 radical (unpaired) electrons. The monoisotopic (exact) mass is 511 g/mol.